The van der Waals surface area contributed by atoms with Gasteiger partial charge in [-0.1, -0.05) is 15.9 Å². The number of benzene rings is 1. The molecule has 2 N–H and O–H groups in total. The van der Waals surface area contributed by atoms with Gasteiger partial charge in [-0.3, -0.25) is 4.79 Å². The van der Waals surface area contributed by atoms with Crippen LogP contribution in [0.2, 0.25) is 5.02 Å². The molecule has 1 saturated heterocycles. The van der Waals surface area contributed by atoms with Gasteiger partial charge in [0.25, 0.3) is 0 Å². The van der Waals surface area contributed by atoms with Crippen molar-refractivity contribution in [2.45, 2.75) is 18.5 Å². The van der Waals surface area contributed by atoms with E-state index in [0.29, 0.717) is 16.7 Å². The summed E-state index contributed by atoms with van der Waals surface area (Å²) in [6.07, 6.45) is 0.392. The zero-order chi connectivity index (χ0) is 18.1. The van der Waals surface area contributed by atoms with Gasteiger partial charge in [-0.05, 0) is 34.1 Å². The molecule has 1 aliphatic heterocycles. The number of nitrogens with zero attached hydrogens (tertiary/aromatic N) is 2. The van der Waals surface area contributed by atoms with Gasteiger partial charge in [0.05, 0.1) is 5.02 Å². The first-order chi connectivity index (χ1) is 11.8. The molecule has 0 aliphatic carbocycles. The number of carbonyl (C=O) groups excluding carboxylic acids is 1. The molecule has 0 radical (unpaired) electrons. The highest BCUT2D eigenvalue weighted by molar-refractivity contribution is 9.10. The zero-order valence-corrected chi connectivity index (χ0v) is 16.8. The Balaban J connectivity index is 1.76. The smallest absolute Gasteiger partial charge is 0.246 e. The van der Waals surface area contributed by atoms with Gasteiger partial charge in [-0.25, -0.2) is 9.37 Å². The Morgan fingerprint density at radius 1 is 1.64 bits per heavy atom. The summed E-state index contributed by atoms with van der Waals surface area (Å²) >= 11 is 8.90. The molecular weight excluding hydrogens is 455 g/mol. The number of hydrogen-bond acceptors (Lipinski definition) is 6. The van der Waals surface area contributed by atoms with Gasteiger partial charge in [0.1, 0.15) is 39.1 Å². The van der Waals surface area contributed by atoms with E-state index in [0.717, 1.165) is 5.01 Å². The molecule has 0 spiro atoms. The summed E-state index contributed by atoms with van der Waals surface area (Å²) in [5, 5.41) is 5.18. The predicted molar refractivity (Wildman–Crippen MR) is 100 cm³/mol. The van der Waals surface area contributed by atoms with E-state index < -0.39 is 23.4 Å². The average Bonchev–Trinajstić information content (AvgIpc) is 3.00. The molecule has 3 rings (SSSR count). The van der Waals surface area contributed by atoms with Crippen LogP contribution in [0.15, 0.2) is 28.2 Å². The van der Waals surface area contributed by atoms with E-state index in [4.69, 9.17) is 11.6 Å². The molecule has 1 aliphatic rings. The van der Waals surface area contributed by atoms with E-state index in [1.54, 1.807) is 7.05 Å². The van der Waals surface area contributed by atoms with E-state index in [-0.39, 0.29) is 17.0 Å². The standard InChI is InChI=1S/C14H13BrClFN4O2S2/c1-21-11(13(22)18-7-2-3-9(17)8(16)4-7)5-10(20-25(21)23)14-19-12(15)6-24-14/h2-4,6,10-11,20H,5H2,1H3,(H,18,22). The zero-order valence-electron chi connectivity index (χ0n) is 12.8. The van der Waals surface area contributed by atoms with Crippen molar-refractivity contribution in [2.75, 3.05) is 12.4 Å². The van der Waals surface area contributed by atoms with E-state index in [1.807, 2.05) is 5.38 Å². The maximum absolute atomic E-state index is 13.2. The van der Waals surface area contributed by atoms with Crippen LogP contribution >= 0.6 is 38.9 Å². The number of hydrogen-bond donors (Lipinski definition) is 2. The molecule has 11 heteroatoms. The molecule has 2 heterocycles. The van der Waals surface area contributed by atoms with E-state index in [9.17, 15) is 13.7 Å². The molecule has 0 saturated carbocycles. The number of aromatic nitrogens is 1. The van der Waals surface area contributed by atoms with Crippen LogP contribution in [0.3, 0.4) is 0 Å². The summed E-state index contributed by atoms with van der Waals surface area (Å²) < 4.78 is 30.6. The molecular formula is C14H13BrClFN4O2S2. The third kappa shape index (κ3) is 4.33. The van der Waals surface area contributed by atoms with Crippen molar-refractivity contribution in [3.63, 3.8) is 0 Å². The van der Waals surface area contributed by atoms with Crippen LogP contribution in [0.5, 0.6) is 0 Å². The molecule has 25 heavy (non-hydrogen) atoms. The van der Waals surface area contributed by atoms with Crippen LogP contribution in [0, 0.1) is 5.82 Å². The predicted octanol–water partition coefficient (Wildman–Crippen LogP) is 3.25. The summed E-state index contributed by atoms with van der Waals surface area (Å²) in [7, 11) is 1.60. The highest BCUT2D eigenvalue weighted by Crippen LogP contribution is 2.31. The van der Waals surface area contributed by atoms with Crippen molar-refractivity contribution >= 4 is 62.0 Å². The van der Waals surface area contributed by atoms with Crippen LogP contribution in [0.25, 0.3) is 0 Å². The summed E-state index contributed by atoms with van der Waals surface area (Å²) in [4.78, 5) is 16.9. The second kappa shape index (κ2) is 7.87. The lowest BCUT2D eigenvalue weighted by Gasteiger charge is -2.35. The first-order valence-corrected chi connectivity index (χ1v) is 10.3. The number of thiazole rings is 1. The summed E-state index contributed by atoms with van der Waals surface area (Å²) in [5.74, 6) is -0.908. The van der Waals surface area contributed by atoms with Crippen LogP contribution < -0.4 is 10.0 Å². The summed E-state index contributed by atoms with van der Waals surface area (Å²) in [6, 6.07) is 2.99. The Morgan fingerprint density at radius 3 is 3.04 bits per heavy atom. The van der Waals surface area contributed by atoms with Gasteiger partial charge < -0.3 is 9.87 Å². The quantitative estimate of drug-likeness (QED) is 0.677. The third-order valence-electron chi connectivity index (χ3n) is 3.68. The Morgan fingerprint density at radius 2 is 2.40 bits per heavy atom. The minimum atomic E-state index is -1.54. The number of rotatable bonds is 3. The van der Waals surface area contributed by atoms with Crippen molar-refractivity contribution in [1.29, 1.82) is 0 Å². The average molecular weight is 468 g/mol. The molecule has 3 atom stereocenters. The maximum Gasteiger partial charge on any atom is 0.246 e. The number of halogens is 3. The minimum Gasteiger partial charge on any atom is -0.579 e. The molecule has 0 bridgehead atoms. The fraction of sp³-hybridized carbons (Fsp3) is 0.286. The summed E-state index contributed by atoms with van der Waals surface area (Å²) in [6.45, 7) is 0. The van der Waals surface area contributed by atoms with Crippen molar-refractivity contribution in [3.8, 4) is 0 Å². The van der Waals surface area contributed by atoms with Gasteiger partial charge in [0.15, 0.2) is 0 Å². The number of likely N-dealkylation sites (N-methyl/N-ethyl adjacent to an activating group) is 1. The molecule has 134 valence electrons. The lowest BCUT2D eigenvalue weighted by atomic mass is 10.1. The first kappa shape index (κ1) is 19.0. The molecule has 1 amide bonds. The molecule has 1 aromatic heterocycles. The third-order valence-corrected chi connectivity index (χ3v) is 6.91. The van der Waals surface area contributed by atoms with Gasteiger partial charge >= 0.3 is 0 Å². The van der Waals surface area contributed by atoms with Gasteiger partial charge in [-0.15, -0.1) is 16.1 Å². The highest BCUT2D eigenvalue weighted by atomic mass is 79.9. The highest BCUT2D eigenvalue weighted by Gasteiger charge is 2.42. The largest absolute Gasteiger partial charge is 0.579 e. The Bertz CT molecular complexity index is 796. The molecule has 3 unspecified atom stereocenters. The molecule has 6 nitrogen and oxygen atoms in total. The van der Waals surface area contributed by atoms with Gasteiger partial charge in [-0.2, -0.15) is 0 Å². The van der Waals surface area contributed by atoms with Crippen LogP contribution in [0.4, 0.5) is 10.1 Å². The maximum atomic E-state index is 13.2. The second-order valence-electron chi connectivity index (χ2n) is 5.34. The Kier molecular flexibility index (Phi) is 5.99. The van der Waals surface area contributed by atoms with Crippen molar-refractivity contribution < 1.29 is 13.7 Å². The van der Waals surface area contributed by atoms with Crippen LogP contribution in [0.1, 0.15) is 17.5 Å². The van der Waals surface area contributed by atoms with Crippen LogP contribution in [-0.2, 0) is 16.3 Å². The van der Waals surface area contributed by atoms with E-state index in [1.165, 1.54) is 33.8 Å². The normalized spacial score (nSPS) is 24.3. The van der Waals surface area contributed by atoms with Crippen LogP contribution in [-0.4, -0.2) is 32.8 Å². The Labute approximate surface area is 164 Å². The SMILES string of the molecule is CN1C(C(=O)Nc2ccc(F)c(Cl)c2)CC(c2nc(Br)cs2)N[S+]1[O-]. The second-order valence-corrected chi connectivity index (χ2v) is 8.76. The van der Waals surface area contributed by atoms with Crippen molar-refractivity contribution in [1.82, 2.24) is 14.0 Å². The monoisotopic (exact) mass is 466 g/mol. The number of anilines is 1. The topological polar surface area (TPSA) is 80.3 Å². The molecule has 1 fully saturated rings. The molecule has 2 aromatic rings. The summed E-state index contributed by atoms with van der Waals surface area (Å²) in [5.41, 5.74) is 0.377. The number of nitrogens with one attached hydrogen (secondary N) is 2. The fourth-order valence-electron chi connectivity index (χ4n) is 2.39. The van der Waals surface area contributed by atoms with Gasteiger partial charge in [0.2, 0.25) is 5.91 Å². The minimum absolute atomic E-state index is 0.0782. The van der Waals surface area contributed by atoms with Gasteiger partial charge in [0, 0.05) is 24.5 Å². The van der Waals surface area contributed by atoms with Crippen molar-refractivity contribution in [3.05, 3.63) is 44.0 Å². The lowest BCUT2D eigenvalue weighted by molar-refractivity contribution is -0.120. The van der Waals surface area contributed by atoms with Crippen molar-refractivity contribution in [2.24, 2.45) is 0 Å². The lowest BCUT2D eigenvalue weighted by Crippen LogP contribution is -2.55. The number of carbonyl (C=O) groups is 1. The Hall–Kier alpha value is -0.750. The molecule has 1 aromatic carbocycles. The first-order valence-electron chi connectivity index (χ1n) is 7.13. The number of amides is 1. The van der Waals surface area contributed by atoms with E-state index >= 15 is 0 Å². The van der Waals surface area contributed by atoms with E-state index in [2.05, 4.69) is 31.0 Å². The fourth-order valence-corrected chi connectivity index (χ4v) is 5.01.